The van der Waals surface area contributed by atoms with Gasteiger partial charge in [0.1, 0.15) is 5.75 Å². The summed E-state index contributed by atoms with van der Waals surface area (Å²) in [7, 11) is 0. The van der Waals surface area contributed by atoms with E-state index >= 15 is 0 Å². The molecule has 1 aliphatic carbocycles. The van der Waals surface area contributed by atoms with Crippen LogP contribution in [-0.4, -0.2) is 6.61 Å². The Hall–Kier alpha value is -2.22. The first-order chi connectivity index (χ1) is 12.3. The van der Waals surface area contributed by atoms with Gasteiger partial charge in [0.25, 0.3) is 0 Å². The zero-order chi connectivity index (χ0) is 19.0. The summed E-state index contributed by atoms with van der Waals surface area (Å²) in [6.07, 6.45) is 2.07. The Morgan fingerprint density at radius 3 is 2.69 bits per heavy atom. The molecule has 2 heteroatoms. The lowest BCUT2D eigenvalue weighted by molar-refractivity contribution is 0.316. The molecule has 0 bridgehead atoms. The third-order valence-corrected chi connectivity index (χ3v) is 5.49. The number of benzene rings is 1. The summed E-state index contributed by atoms with van der Waals surface area (Å²) in [5.41, 5.74) is 9.83. The van der Waals surface area contributed by atoms with Crippen LogP contribution >= 0.6 is 0 Å². The lowest BCUT2D eigenvalue weighted by Crippen LogP contribution is -2.31. The average Bonchev–Trinajstić information content (AvgIpc) is 2.58. The predicted octanol–water partition coefficient (Wildman–Crippen LogP) is 6.02. The molecule has 0 radical (unpaired) electrons. The highest BCUT2D eigenvalue weighted by molar-refractivity contribution is 5.81. The first-order valence-electron chi connectivity index (χ1n) is 9.68. The van der Waals surface area contributed by atoms with Gasteiger partial charge in [-0.05, 0) is 79.0 Å². The van der Waals surface area contributed by atoms with Crippen molar-refractivity contribution in [3.8, 4) is 5.75 Å². The quantitative estimate of drug-likeness (QED) is 0.701. The van der Waals surface area contributed by atoms with E-state index in [1.54, 1.807) is 0 Å². The van der Waals surface area contributed by atoms with Crippen molar-refractivity contribution in [2.75, 3.05) is 6.61 Å². The van der Waals surface area contributed by atoms with Gasteiger partial charge >= 0.3 is 0 Å². The normalized spacial score (nSPS) is 19.3. The van der Waals surface area contributed by atoms with Crippen LogP contribution < -0.4 is 10.1 Å². The molecule has 26 heavy (non-hydrogen) atoms. The van der Waals surface area contributed by atoms with E-state index in [2.05, 4.69) is 71.3 Å². The molecule has 1 aromatic carbocycles. The Balaban J connectivity index is 2.16. The highest BCUT2D eigenvalue weighted by atomic mass is 16.5. The number of hydrogen-bond acceptors (Lipinski definition) is 2. The fraction of sp³-hybridized carbons (Fsp3) is 0.417. The molecule has 0 saturated heterocycles. The Kier molecular flexibility index (Phi) is 5.13. The summed E-state index contributed by atoms with van der Waals surface area (Å²) < 4.78 is 5.87. The van der Waals surface area contributed by atoms with Gasteiger partial charge in [0.2, 0.25) is 0 Å². The summed E-state index contributed by atoms with van der Waals surface area (Å²) in [6, 6.07) is 6.51. The predicted molar refractivity (Wildman–Crippen MR) is 111 cm³/mol. The van der Waals surface area contributed by atoms with Crippen molar-refractivity contribution in [1.29, 1.82) is 0 Å². The molecule has 0 saturated carbocycles. The van der Waals surface area contributed by atoms with E-state index in [0.717, 1.165) is 36.5 Å². The molecule has 0 aromatic heterocycles. The Labute approximate surface area is 158 Å². The molecule has 138 valence electrons. The van der Waals surface area contributed by atoms with E-state index < -0.39 is 0 Å². The van der Waals surface area contributed by atoms with E-state index in [1.165, 1.54) is 33.5 Å². The van der Waals surface area contributed by atoms with Gasteiger partial charge in [-0.3, -0.25) is 0 Å². The molecule has 1 aliphatic heterocycles. The minimum atomic E-state index is 0.480. The second kappa shape index (κ2) is 7.19. The van der Waals surface area contributed by atoms with Gasteiger partial charge in [0, 0.05) is 22.5 Å². The van der Waals surface area contributed by atoms with E-state index in [1.807, 2.05) is 0 Å². The maximum atomic E-state index is 5.87. The lowest BCUT2D eigenvalue weighted by atomic mass is 9.71. The third-order valence-electron chi connectivity index (χ3n) is 5.49. The number of hydrogen-bond donors (Lipinski definition) is 1. The molecule has 0 fully saturated rings. The second-order valence-electron chi connectivity index (χ2n) is 7.89. The number of nitrogens with one attached hydrogen (secondary N) is 1. The minimum absolute atomic E-state index is 0.480. The van der Waals surface area contributed by atoms with Gasteiger partial charge in [-0.15, -0.1) is 0 Å². The Morgan fingerprint density at radius 2 is 2.08 bits per heavy atom. The van der Waals surface area contributed by atoms with E-state index in [0.29, 0.717) is 11.8 Å². The van der Waals surface area contributed by atoms with Crippen molar-refractivity contribution in [1.82, 2.24) is 5.32 Å². The van der Waals surface area contributed by atoms with Crippen molar-refractivity contribution in [3.05, 3.63) is 70.5 Å². The molecule has 2 nitrogen and oxygen atoms in total. The van der Waals surface area contributed by atoms with Crippen LogP contribution in [0.15, 0.2) is 59.3 Å². The topological polar surface area (TPSA) is 21.3 Å². The zero-order valence-electron chi connectivity index (χ0n) is 16.8. The van der Waals surface area contributed by atoms with Crippen LogP contribution in [0.2, 0.25) is 0 Å². The number of allylic oxidation sites excluding steroid dienone is 3. The van der Waals surface area contributed by atoms with Crippen LogP contribution in [0.5, 0.6) is 5.75 Å². The third kappa shape index (κ3) is 3.13. The molecular formula is C24H31NO. The summed E-state index contributed by atoms with van der Waals surface area (Å²) in [5.74, 6) is 2.01. The molecule has 2 aliphatic rings. The number of dihydropyridines is 1. The van der Waals surface area contributed by atoms with Gasteiger partial charge in [-0.1, -0.05) is 33.9 Å². The zero-order valence-corrected chi connectivity index (χ0v) is 16.8. The first kappa shape index (κ1) is 18.6. The summed E-state index contributed by atoms with van der Waals surface area (Å²) in [5, 5.41) is 3.61. The maximum absolute atomic E-state index is 5.87. The Bertz CT molecular complexity index is 823. The van der Waals surface area contributed by atoms with Gasteiger partial charge < -0.3 is 10.1 Å². The smallest absolute Gasteiger partial charge is 0.119 e. The largest absolute Gasteiger partial charge is 0.494 e. The SMILES string of the molecule is C=C(C)C1=C(C)C2=C(NC1=C)c1ccc(OCCC)cc1CC2C(C)C. The van der Waals surface area contributed by atoms with Crippen LogP contribution in [0.1, 0.15) is 52.2 Å². The minimum Gasteiger partial charge on any atom is -0.494 e. The molecular weight excluding hydrogens is 318 g/mol. The number of rotatable bonds is 5. The molecule has 0 amide bonds. The number of ether oxygens (including phenoxy) is 1. The molecule has 1 heterocycles. The average molecular weight is 350 g/mol. The fourth-order valence-corrected chi connectivity index (χ4v) is 4.28. The first-order valence-corrected chi connectivity index (χ1v) is 9.68. The van der Waals surface area contributed by atoms with E-state index in [9.17, 15) is 0 Å². The maximum Gasteiger partial charge on any atom is 0.119 e. The standard InChI is InChI=1S/C24H31NO/c1-8-11-26-19-9-10-20-18(12-19)13-21(14(2)3)23-16(6)22(15(4)5)17(7)25-24(20)23/h9-10,12,14,21,25H,4,7-8,11,13H2,1-3,5-6H3. The van der Waals surface area contributed by atoms with E-state index in [4.69, 9.17) is 4.74 Å². The summed E-state index contributed by atoms with van der Waals surface area (Å²) in [6.45, 7) is 20.3. The molecule has 1 aromatic rings. The molecule has 1 atom stereocenters. The van der Waals surface area contributed by atoms with Crippen LogP contribution in [0.4, 0.5) is 0 Å². The van der Waals surface area contributed by atoms with Gasteiger partial charge in [0.05, 0.1) is 6.61 Å². The van der Waals surface area contributed by atoms with Crippen molar-refractivity contribution in [2.24, 2.45) is 11.8 Å². The molecule has 1 unspecified atom stereocenters. The van der Waals surface area contributed by atoms with Gasteiger partial charge in [0.15, 0.2) is 0 Å². The summed E-state index contributed by atoms with van der Waals surface area (Å²) in [4.78, 5) is 0. The van der Waals surface area contributed by atoms with Crippen molar-refractivity contribution in [2.45, 2.75) is 47.5 Å². The molecule has 3 rings (SSSR count). The Morgan fingerprint density at radius 1 is 1.35 bits per heavy atom. The van der Waals surface area contributed by atoms with Gasteiger partial charge in [-0.2, -0.15) is 0 Å². The van der Waals surface area contributed by atoms with Crippen molar-refractivity contribution >= 4 is 5.70 Å². The monoisotopic (exact) mass is 349 g/mol. The second-order valence-corrected chi connectivity index (χ2v) is 7.89. The van der Waals surface area contributed by atoms with Crippen LogP contribution in [0, 0.1) is 11.8 Å². The van der Waals surface area contributed by atoms with Crippen molar-refractivity contribution < 1.29 is 4.74 Å². The van der Waals surface area contributed by atoms with Crippen LogP contribution in [0.3, 0.4) is 0 Å². The highest BCUT2D eigenvalue weighted by Crippen LogP contribution is 2.46. The lowest BCUT2D eigenvalue weighted by Gasteiger charge is -2.38. The number of fused-ring (bicyclic) bond motifs is 2. The highest BCUT2D eigenvalue weighted by Gasteiger charge is 2.34. The molecule has 1 N–H and O–H groups in total. The van der Waals surface area contributed by atoms with Crippen LogP contribution in [-0.2, 0) is 6.42 Å². The van der Waals surface area contributed by atoms with E-state index in [-0.39, 0.29) is 0 Å². The van der Waals surface area contributed by atoms with Gasteiger partial charge in [-0.25, -0.2) is 0 Å². The fourth-order valence-electron chi connectivity index (χ4n) is 4.28. The van der Waals surface area contributed by atoms with Crippen molar-refractivity contribution in [3.63, 3.8) is 0 Å². The van der Waals surface area contributed by atoms with Crippen LogP contribution in [0.25, 0.3) is 5.70 Å². The summed E-state index contributed by atoms with van der Waals surface area (Å²) >= 11 is 0. The molecule has 0 spiro atoms.